The van der Waals surface area contributed by atoms with Crippen LogP contribution >= 0.6 is 0 Å². The van der Waals surface area contributed by atoms with Crippen LogP contribution in [0.5, 0.6) is 0 Å². The highest BCUT2D eigenvalue weighted by Gasteiger charge is 2.42. The fourth-order valence-corrected chi connectivity index (χ4v) is 4.08. The number of nitrogens with zero attached hydrogens (tertiary/aromatic N) is 2. The lowest BCUT2D eigenvalue weighted by atomic mass is 10.0. The zero-order valence-corrected chi connectivity index (χ0v) is 13.7. The third-order valence-corrected chi connectivity index (χ3v) is 5.56. The van der Waals surface area contributed by atoms with Gasteiger partial charge in [-0.15, -0.1) is 0 Å². The van der Waals surface area contributed by atoms with Crippen molar-refractivity contribution in [2.45, 2.75) is 18.2 Å². The van der Waals surface area contributed by atoms with E-state index in [0.717, 1.165) is 11.3 Å². The molecule has 6 nitrogen and oxygen atoms in total. The van der Waals surface area contributed by atoms with Crippen LogP contribution in [0.3, 0.4) is 0 Å². The molecular formula is C14H23N3O3S. The molecule has 118 valence electrons. The van der Waals surface area contributed by atoms with Gasteiger partial charge in [0, 0.05) is 33.4 Å². The molecule has 1 aromatic carbocycles. The topological polar surface area (TPSA) is 61.9 Å². The Balaban J connectivity index is 2.30. The molecule has 1 N–H and O–H groups in total. The number of nitrogens with one attached hydrogen (secondary N) is 1. The molecule has 0 aromatic heterocycles. The quantitative estimate of drug-likeness (QED) is 0.878. The smallest absolute Gasteiger partial charge is 0.218 e. The lowest BCUT2D eigenvalue weighted by Gasteiger charge is -2.23. The summed E-state index contributed by atoms with van der Waals surface area (Å²) >= 11 is 0. The van der Waals surface area contributed by atoms with Crippen molar-refractivity contribution in [2.75, 3.05) is 39.2 Å². The molecule has 0 spiro atoms. The minimum absolute atomic E-state index is 0.173. The van der Waals surface area contributed by atoms with Crippen molar-refractivity contribution in [3.8, 4) is 0 Å². The maximum atomic E-state index is 12.3. The van der Waals surface area contributed by atoms with Gasteiger partial charge < -0.3 is 4.90 Å². The van der Waals surface area contributed by atoms with Crippen molar-refractivity contribution < 1.29 is 13.3 Å². The number of benzene rings is 1. The number of hydrogen-bond acceptors (Lipinski definition) is 5. The van der Waals surface area contributed by atoms with Crippen LogP contribution in [0.15, 0.2) is 24.3 Å². The third kappa shape index (κ3) is 3.37. The molecule has 0 radical (unpaired) electrons. The van der Waals surface area contributed by atoms with E-state index in [4.69, 9.17) is 4.84 Å². The van der Waals surface area contributed by atoms with E-state index in [-0.39, 0.29) is 12.6 Å². The van der Waals surface area contributed by atoms with Crippen molar-refractivity contribution in [1.82, 2.24) is 9.79 Å². The molecular weight excluding hydrogens is 290 g/mol. The van der Waals surface area contributed by atoms with Crippen molar-refractivity contribution in [3.05, 3.63) is 29.8 Å². The predicted octanol–water partition coefficient (Wildman–Crippen LogP) is 0.979. The van der Waals surface area contributed by atoms with Gasteiger partial charge in [-0.2, -0.15) is 5.06 Å². The van der Waals surface area contributed by atoms with E-state index in [0.29, 0.717) is 6.54 Å². The average molecular weight is 313 g/mol. The van der Waals surface area contributed by atoms with Crippen LogP contribution in [0, 0.1) is 0 Å². The van der Waals surface area contributed by atoms with Gasteiger partial charge >= 0.3 is 0 Å². The van der Waals surface area contributed by atoms with Crippen molar-refractivity contribution >= 4 is 15.7 Å². The molecule has 21 heavy (non-hydrogen) atoms. The number of rotatable bonds is 5. The van der Waals surface area contributed by atoms with Gasteiger partial charge in [-0.05, 0) is 17.7 Å². The molecule has 2 atom stereocenters. The van der Waals surface area contributed by atoms with Gasteiger partial charge in [0.15, 0.2) is 0 Å². The predicted molar refractivity (Wildman–Crippen MR) is 83.6 cm³/mol. The highest BCUT2D eigenvalue weighted by Crippen LogP contribution is 2.33. The molecule has 0 bridgehead atoms. The van der Waals surface area contributed by atoms with Crippen molar-refractivity contribution in [2.24, 2.45) is 0 Å². The molecule has 1 aliphatic heterocycles. The summed E-state index contributed by atoms with van der Waals surface area (Å²) in [5.41, 5.74) is 2.01. The third-order valence-electron chi connectivity index (χ3n) is 3.68. The second-order valence-electron chi connectivity index (χ2n) is 5.35. The standard InChI is InChI=1S/C14H23N3O3S/c1-5-15-21(18,19)13-10-20-17(4)14(13)11-6-8-12(9-7-11)16(2)3/h6-9,13-15H,5,10H2,1-4H3. The zero-order chi connectivity index (χ0) is 15.6. The highest BCUT2D eigenvalue weighted by atomic mass is 32.2. The summed E-state index contributed by atoms with van der Waals surface area (Å²) in [5.74, 6) is 0. The maximum Gasteiger partial charge on any atom is 0.218 e. The first kappa shape index (κ1) is 16.2. The largest absolute Gasteiger partial charge is 0.378 e. The number of hydrogen-bond donors (Lipinski definition) is 1. The molecule has 0 aliphatic carbocycles. The Morgan fingerprint density at radius 1 is 1.33 bits per heavy atom. The lowest BCUT2D eigenvalue weighted by molar-refractivity contribution is -0.110. The molecule has 1 saturated heterocycles. The van der Waals surface area contributed by atoms with Crippen LogP contribution in [0.2, 0.25) is 0 Å². The minimum atomic E-state index is -3.39. The maximum absolute atomic E-state index is 12.3. The summed E-state index contributed by atoms with van der Waals surface area (Å²) in [7, 11) is 2.32. The van der Waals surface area contributed by atoms with E-state index >= 15 is 0 Å². The van der Waals surface area contributed by atoms with Crippen LogP contribution in [-0.2, 0) is 14.9 Å². The first-order valence-electron chi connectivity index (χ1n) is 6.98. The summed E-state index contributed by atoms with van der Waals surface area (Å²) < 4.78 is 27.2. The Bertz CT molecular complexity index is 572. The van der Waals surface area contributed by atoms with Crippen LogP contribution in [-0.4, -0.2) is 53.0 Å². The second kappa shape index (κ2) is 6.31. The second-order valence-corrected chi connectivity index (χ2v) is 7.34. The minimum Gasteiger partial charge on any atom is -0.378 e. The monoisotopic (exact) mass is 313 g/mol. The van der Waals surface area contributed by atoms with E-state index in [2.05, 4.69) is 4.72 Å². The highest BCUT2D eigenvalue weighted by molar-refractivity contribution is 7.90. The van der Waals surface area contributed by atoms with E-state index in [1.165, 1.54) is 0 Å². The molecule has 0 saturated carbocycles. The molecule has 2 rings (SSSR count). The summed E-state index contributed by atoms with van der Waals surface area (Å²) in [6.45, 7) is 2.33. The Morgan fingerprint density at radius 2 is 1.95 bits per heavy atom. The van der Waals surface area contributed by atoms with Gasteiger partial charge in [0.2, 0.25) is 10.0 Å². The van der Waals surface area contributed by atoms with Gasteiger partial charge in [0.25, 0.3) is 0 Å². The number of hydroxylamine groups is 2. The molecule has 7 heteroatoms. The fourth-order valence-electron chi connectivity index (χ4n) is 2.56. The van der Waals surface area contributed by atoms with Crippen molar-refractivity contribution in [1.29, 1.82) is 0 Å². The van der Waals surface area contributed by atoms with Gasteiger partial charge in [0.05, 0.1) is 12.6 Å². The normalized spacial score (nSPS) is 23.4. The Kier molecular flexibility index (Phi) is 4.88. The molecule has 0 amide bonds. The first-order valence-corrected chi connectivity index (χ1v) is 8.53. The average Bonchev–Trinajstić information content (AvgIpc) is 2.81. The lowest BCUT2D eigenvalue weighted by Crippen LogP contribution is -2.39. The van der Waals surface area contributed by atoms with Gasteiger partial charge in [-0.3, -0.25) is 4.84 Å². The van der Waals surface area contributed by atoms with Crippen LogP contribution in [0.25, 0.3) is 0 Å². The van der Waals surface area contributed by atoms with Crippen LogP contribution < -0.4 is 9.62 Å². The molecule has 2 unspecified atom stereocenters. The Labute approximate surface area is 126 Å². The number of anilines is 1. The fraction of sp³-hybridized carbons (Fsp3) is 0.571. The van der Waals surface area contributed by atoms with E-state index in [1.807, 2.05) is 43.3 Å². The Hall–Kier alpha value is -1.15. The summed E-state index contributed by atoms with van der Waals surface area (Å²) in [6, 6.07) is 7.58. The molecule has 1 fully saturated rings. The summed E-state index contributed by atoms with van der Waals surface area (Å²) in [6.07, 6.45) is 0. The zero-order valence-electron chi connectivity index (χ0n) is 12.9. The molecule has 1 aliphatic rings. The van der Waals surface area contributed by atoms with Crippen molar-refractivity contribution in [3.63, 3.8) is 0 Å². The van der Waals surface area contributed by atoms with E-state index in [9.17, 15) is 8.42 Å². The SMILES string of the molecule is CCNS(=O)(=O)C1CON(C)C1c1ccc(N(C)C)cc1. The van der Waals surface area contributed by atoms with Gasteiger partial charge in [-0.1, -0.05) is 19.1 Å². The Morgan fingerprint density at radius 3 is 2.48 bits per heavy atom. The van der Waals surface area contributed by atoms with E-state index in [1.54, 1.807) is 19.0 Å². The summed E-state index contributed by atoms with van der Waals surface area (Å²) in [4.78, 5) is 7.45. The van der Waals surface area contributed by atoms with Crippen LogP contribution in [0.1, 0.15) is 18.5 Å². The molecule has 1 aromatic rings. The first-order chi connectivity index (χ1) is 9.86. The number of sulfonamides is 1. The van der Waals surface area contributed by atoms with Crippen LogP contribution in [0.4, 0.5) is 5.69 Å². The van der Waals surface area contributed by atoms with Gasteiger partial charge in [-0.25, -0.2) is 13.1 Å². The van der Waals surface area contributed by atoms with E-state index < -0.39 is 15.3 Å². The molecule has 1 heterocycles. The van der Waals surface area contributed by atoms with Gasteiger partial charge in [0.1, 0.15) is 5.25 Å². The summed E-state index contributed by atoms with van der Waals surface area (Å²) in [5, 5.41) is 1.03.